The first-order valence-corrected chi connectivity index (χ1v) is 13.8. The van der Waals surface area contributed by atoms with Crippen molar-refractivity contribution in [1.29, 1.82) is 0 Å². The summed E-state index contributed by atoms with van der Waals surface area (Å²) in [6.45, 7) is 2.00. The topological polar surface area (TPSA) is 197 Å². The third kappa shape index (κ3) is 9.97. The smallest absolute Gasteiger partial charge is 0.253 e. The van der Waals surface area contributed by atoms with Crippen molar-refractivity contribution in [2.24, 2.45) is 0 Å². The fourth-order valence-electron chi connectivity index (χ4n) is 2.63. The molecule has 0 aromatic heterocycles. The highest BCUT2D eigenvalue weighted by atomic mass is 127. The van der Waals surface area contributed by atoms with Gasteiger partial charge in [0.2, 0.25) is 11.8 Å². The molecule has 1 rings (SSSR count). The first kappa shape index (κ1) is 32.9. The van der Waals surface area contributed by atoms with E-state index in [0.717, 1.165) is 6.08 Å². The van der Waals surface area contributed by atoms with Gasteiger partial charge in [0.15, 0.2) is 0 Å². The van der Waals surface area contributed by atoms with E-state index in [1.54, 1.807) is 0 Å². The summed E-state index contributed by atoms with van der Waals surface area (Å²) in [5.74, 6) is -2.05. The molecule has 8 N–H and O–H groups in total. The molecule has 1 aromatic carbocycles. The normalized spacial score (nSPS) is 12.3. The Bertz CT molecular complexity index is 939. The number of amides is 4. The Balaban J connectivity index is 3.32. The van der Waals surface area contributed by atoms with E-state index >= 15 is 0 Å². The molecule has 0 saturated carbocycles. The molecule has 0 radical (unpaired) electrons. The van der Waals surface area contributed by atoms with Gasteiger partial charge in [-0.1, -0.05) is 6.58 Å². The van der Waals surface area contributed by atoms with Crippen molar-refractivity contribution < 1.29 is 39.6 Å². The van der Waals surface area contributed by atoms with Crippen molar-refractivity contribution in [1.82, 2.24) is 16.0 Å². The van der Waals surface area contributed by atoms with Crippen molar-refractivity contribution in [3.8, 4) is 0 Å². The standard InChI is InChI=1S/C21H27I3N4O8/c1-2-12(33)25-5-3-4-13(34)28-19-17(23)14(20(35)26-6-10(31)8-29)16(22)15(18(19)24)21(36)27-7-11(32)9-30/h2,10-11,29-32H,1,3-9H2,(H,25,33)(H,26,35)(H,27,36)(H,28,34). The minimum atomic E-state index is -1.18. The molecule has 36 heavy (non-hydrogen) atoms. The SMILES string of the molecule is C=CC(=O)NCCCC(=O)Nc1c(I)c(C(=O)NCC(O)CO)c(I)c(C(=O)NCC(O)CO)c1I. The number of aliphatic hydroxyl groups excluding tert-OH is 4. The molecular formula is C21H27I3N4O8. The molecule has 0 aliphatic carbocycles. The van der Waals surface area contributed by atoms with Crippen LogP contribution in [-0.2, 0) is 9.59 Å². The average molecular weight is 844 g/mol. The molecule has 0 aliphatic heterocycles. The summed E-state index contributed by atoms with van der Waals surface area (Å²) in [4.78, 5) is 49.8. The van der Waals surface area contributed by atoms with Gasteiger partial charge < -0.3 is 41.7 Å². The van der Waals surface area contributed by atoms with Gasteiger partial charge in [-0.2, -0.15) is 0 Å². The maximum atomic E-state index is 13.0. The second kappa shape index (κ2) is 16.7. The molecular weight excluding hydrogens is 817 g/mol. The molecule has 0 aliphatic rings. The van der Waals surface area contributed by atoms with Crippen LogP contribution in [0.1, 0.15) is 33.6 Å². The number of anilines is 1. The Morgan fingerprint density at radius 3 is 1.72 bits per heavy atom. The molecule has 200 valence electrons. The van der Waals surface area contributed by atoms with Gasteiger partial charge in [0.05, 0.1) is 49.4 Å². The number of hydrogen-bond donors (Lipinski definition) is 8. The fourth-order valence-corrected chi connectivity index (χ4v) is 7.05. The van der Waals surface area contributed by atoms with E-state index in [1.165, 1.54) is 0 Å². The summed E-state index contributed by atoms with van der Waals surface area (Å²) in [6, 6.07) is 0. The zero-order valence-electron chi connectivity index (χ0n) is 18.9. The average Bonchev–Trinajstić information content (AvgIpc) is 2.85. The van der Waals surface area contributed by atoms with Crippen LogP contribution in [0.4, 0.5) is 5.69 Å². The molecule has 0 heterocycles. The van der Waals surface area contributed by atoms with E-state index in [-0.39, 0.29) is 52.3 Å². The molecule has 0 bridgehead atoms. The van der Waals surface area contributed by atoms with Gasteiger partial charge >= 0.3 is 0 Å². The van der Waals surface area contributed by atoms with E-state index in [2.05, 4.69) is 27.8 Å². The highest BCUT2D eigenvalue weighted by Crippen LogP contribution is 2.36. The fraction of sp³-hybridized carbons (Fsp3) is 0.429. The summed E-state index contributed by atoms with van der Waals surface area (Å²) in [5, 5.41) is 47.4. The highest BCUT2D eigenvalue weighted by molar-refractivity contribution is 14.1. The van der Waals surface area contributed by atoms with Crippen molar-refractivity contribution in [2.75, 3.05) is 38.2 Å². The third-order valence-corrected chi connectivity index (χ3v) is 7.75. The minimum Gasteiger partial charge on any atom is -0.394 e. The van der Waals surface area contributed by atoms with E-state index in [1.807, 2.05) is 67.8 Å². The zero-order valence-corrected chi connectivity index (χ0v) is 25.4. The van der Waals surface area contributed by atoms with Crippen LogP contribution in [0.15, 0.2) is 12.7 Å². The summed E-state index contributed by atoms with van der Waals surface area (Å²) in [7, 11) is 0. The Labute approximate surface area is 248 Å². The van der Waals surface area contributed by atoms with Gasteiger partial charge in [0, 0.05) is 29.6 Å². The summed E-state index contributed by atoms with van der Waals surface area (Å²) >= 11 is 5.57. The molecule has 2 atom stereocenters. The van der Waals surface area contributed by atoms with Gasteiger partial charge in [0.25, 0.3) is 11.8 Å². The lowest BCUT2D eigenvalue weighted by molar-refractivity contribution is -0.118. The Hall–Kier alpha value is -1.13. The van der Waals surface area contributed by atoms with Crippen molar-refractivity contribution >= 4 is 97.1 Å². The maximum Gasteiger partial charge on any atom is 0.253 e. The molecule has 12 nitrogen and oxygen atoms in total. The van der Waals surface area contributed by atoms with Gasteiger partial charge in [-0.25, -0.2) is 0 Å². The minimum absolute atomic E-state index is 0.0456. The lowest BCUT2D eigenvalue weighted by Gasteiger charge is -2.20. The van der Waals surface area contributed by atoms with Crippen molar-refractivity contribution in [3.63, 3.8) is 0 Å². The van der Waals surface area contributed by atoms with Gasteiger partial charge in [-0.15, -0.1) is 0 Å². The monoisotopic (exact) mass is 844 g/mol. The summed E-state index contributed by atoms with van der Waals surface area (Å²) < 4.78 is 0.953. The Morgan fingerprint density at radius 1 is 0.833 bits per heavy atom. The summed E-state index contributed by atoms with van der Waals surface area (Å²) in [6.07, 6.45) is -0.867. The second-order valence-corrected chi connectivity index (χ2v) is 10.5. The molecule has 4 amide bonds. The number of benzene rings is 1. The van der Waals surface area contributed by atoms with Gasteiger partial charge in [0.1, 0.15) is 0 Å². The van der Waals surface area contributed by atoms with Gasteiger partial charge in [-0.3, -0.25) is 19.2 Å². The number of carbonyl (C=O) groups is 4. The predicted molar refractivity (Wildman–Crippen MR) is 157 cm³/mol. The Kier molecular flexibility index (Phi) is 15.2. The van der Waals surface area contributed by atoms with E-state index in [4.69, 9.17) is 10.2 Å². The van der Waals surface area contributed by atoms with E-state index < -0.39 is 43.1 Å². The number of carbonyl (C=O) groups excluding carboxylic acids is 4. The molecule has 0 fully saturated rings. The molecule has 0 spiro atoms. The van der Waals surface area contributed by atoms with Gasteiger partial charge in [-0.05, 0) is 80.3 Å². The number of aliphatic hydroxyl groups is 4. The lowest BCUT2D eigenvalue weighted by Crippen LogP contribution is -2.37. The Morgan fingerprint density at radius 2 is 1.31 bits per heavy atom. The highest BCUT2D eigenvalue weighted by Gasteiger charge is 2.29. The summed E-state index contributed by atoms with van der Waals surface area (Å²) in [5.41, 5.74) is 0.365. The molecule has 15 heteroatoms. The van der Waals surface area contributed by atoms with Crippen LogP contribution >= 0.6 is 67.8 Å². The van der Waals surface area contributed by atoms with Crippen LogP contribution in [0.25, 0.3) is 0 Å². The van der Waals surface area contributed by atoms with Crippen LogP contribution in [0.2, 0.25) is 0 Å². The molecule has 0 saturated heterocycles. The number of halogens is 3. The van der Waals surface area contributed by atoms with Crippen LogP contribution in [0, 0.1) is 10.7 Å². The lowest BCUT2D eigenvalue weighted by atomic mass is 10.1. The van der Waals surface area contributed by atoms with Crippen molar-refractivity contribution in [3.05, 3.63) is 34.5 Å². The zero-order chi connectivity index (χ0) is 27.4. The second-order valence-electron chi connectivity index (χ2n) is 7.31. The number of nitrogens with one attached hydrogen (secondary N) is 4. The number of hydrogen-bond acceptors (Lipinski definition) is 8. The first-order chi connectivity index (χ1) is 17.0. The maximum absolute atomic E-state index is 13.0. The van der Waals surface area contributed by atoms with Crippen LogP contribution in [0.5, 0.6) is 0 Å². The van der Waals surface area contributed by atoms with Crippen LogP contribution in [-0.4, -0.2) is 89.1 Å². The molecule has 2 unspecified atom stereocenters. The van der Waals surface area contributed by atoms with Crippen LogP contribution in [0.3, 0.4) is 0 Å². The molecule has 1 aromatic rings. The first-order valence-electron chi connectivity index (χ1n) is 10.5. The third-order valence-electron chi connectivity index (χ3n) is 4.52. The number of rotatable bonds is 14. The van der Waals surface area contributed by atoms with Crippen LogP contribution < -0.4 is 21.3 Å². The van der Waals surface area contributed by atoms with E-state index in [0.29, 0.717) is 13.6 Å². The largest absolute Gasteiger partial charge is 0.394 e. The van der Waals surface area contributed by atoms with Crippen molar-refractivity contribution in [2.45, 2.75) is 25.0 Å². The predicted octanol–water partition coefficient (Wildman–Crippen LogP) is -0.313. The quantitative estimate of drug-likeness (QED) is 0.0710. The van der Waals surface area contributed by atoms with E-state index in [9.17, 15) is 29.4 Å².